The van der Waals surface area contributed by atoms with Crippen LogP contribution >= 0.6 is 0 Å². The highest BCUT2D eigenvalue weighted by molar-refractivity contribution is 5.81. The Bertz CT molecular complexity index is 196. The van der Waals surface area contributed by atoms with Gasteiger partial charge >= 0.3 is 0 Å². The zero-order valence-corrected chi connectivity index (χ0v) is 8.34. The van der Waals surface area contributed by atoms with E-state index in [0.29, 0.717) is 30.8 Å². The van der Waals surface area contributed by atoms with Gasteiger partial charge in [-0.2, -0.15) is 0 Å². The molecule has 2 nitrogen and oxygen atoms in total. The Morgan fingerprint density at radius 2 is 1.62 bits per heavy atom. The lowest BCUT2D eigenvalue weighted by atomic mass is 9.92. The van der Waals surface area contributed by atoms with Crippen molar-refractivity contribution in [1.82, 2.24) is 0 Å². The highest BCUT2D eigenvalue weighted by atomic mass is 16.1. The lowest BCUT2D eigenvalue weighted by Gasteiger charge is -2.11. The first kappa shape index (κ1) is 10.4. The molecule has 1 aliphatic rings. The van der Waals surface area contributed by atoms with Crippen molar-refractivity contribution < 1.29 is 9.59 Å². The van der Waals surface area contributed by atoms with Crippen LogP contribution in [0.4, 0.5) is 0 Å². The fourth-order valence-corrected chi connectivity index (χ4v) is 1.76. The van der Waals surface area contributed by atoms with Gasteiger partial charge in [0.2, 0.25) is 0 Å². The number of carbonyl (C=O) groups is 2. The van der Waals surface area contributed by atoms with Crippen LogP contribution in [0.3, 0.4) is 0 Å². The molecule has 0 heterocycles. The van der Waals surface area contributed by atoms with E-state index in [0.717, 1.165) is 25.7 Å². The molecule has 74 valence electrons. The Kier molecular flexibility index (Phi) is 4.13. The summed E-state index contributed by atoms with van der Waals surface area (Å²) in [6, 6.07) is 0. The standard InChI is InChI=1S/C11H18O2/c1-9-5-4-7-10(12)6-2-3-8-11(9)13/h9H,2-8H2,1H3. The lowest BCUT2D eigenvalue weighted by molar-refractivity contribution is -0.124. The van der Waals surface area contributed by atoms with Crippen LogP contribution in [-0.2, 0) is 9.59 Å². The van der Waals surface area contributed by atoms with E-state index in [-0.39, 0.29) is 5.92 Å². The molecule has 0 bridgehead atoms. The van der Waals surface area contributed by atoms with Crippen molar-refractivity contribution >= 4 is 11.6 Å². The summed E-state index contributed by atoms with van der Waals surface area (Å²) in [7, 11) is 0. The van der Waals surface area contributed by atoms with Crippen molar-refractivity contribution in [2.24, 2.45) is 5.92 Å². The Morgan fingerprint density at radius 1 is 1.00 bits per heavy atom. The second-order valence-corrected chi connectivity index (χ2v) is 4.01. The molecule has 0 spiro atoms. The van der Waals surface area contributed by atoms with Gasteiger partial charge in [0.1, 0.15) is 11.6 Å². The van der Waals surface area contributed by atoms with Crippen molar-refractivity contribution in [3.05, 3.63) is 0 Å². The van der Waals surface area contributed by atoms with Gasteiger partial charge in [0.25, 0.3) is 0 Å². The maximum absolute atomic E-state index is 11.4. The van der Waals surface area contributed by atoms with Crippen molar-refractivity contribution in [2.45, 2.75) is 51.9 Å². The molecule has 0 radical (unpaired) electrons. The molecule has 0 N–H and O–H groups in total. The zero-order chi connectivity index (χ0) is 9.68. The summed E-state index contributed by atoms with van der Waals surface area (Å²) >= 11 is 0. The molecular weight excluding hydrogens is 164 g/mol. The SMILES string of the molecule is CC1CCCC(=O)CCCCC1=O. The highest BCUT2D eigenvalue weighted by Gasteiger charge is 2.14. The summed E-state index contributed by atoms with van der Waals surface area (Å²) in [5.74, 6) is 0.932. The third-order valence-corrected chi connectivity index (χ3v) is 2.77. The summed E-state index contributed by atoms with van der Waals surface area (Å²) in [5.41, 5.74) is 0. The van der Waals surface area contributed by atoms with Crippen LogP contribution < -0.4 is 0 Å². The van der Waals surface area contributed by atoms with Crippen LogP contribution in [0.2, 0.25) is 0 Å². The van der Waals surface area contributed by atoms with Gasteiger partial charge in [0.05, 0.1) is 0 Å². The summed E-state index contributed by atoms with van der Waals surface area (Å²) < 4.78 is 0. The first-order valence-corrected chi connectivity index (χ1v) is 5.24. The quantitative estimate of drug-likeness (QED) is 0.577. The van der Waals surface area contributed by atoms with Gasteiger partial charge in [-0.15, -0.1) is 0 Å². The minimum absolute atomic E-state index is 0.172. The molecule has 1 fully saturated rings. The van der Waals surface area contributed by atoms with E-state index in [2.05, 4.69) is 0 Å². The van der Waals surface area contributed by atoms with Gasteiger partial charge in [-0.25, -0.2) is 0 Å². The maximum Gasteiger partial charge on any atom is 0.135 e. The summed E-state index contributed by atoms with van der Waals surface area (Å²) in [6.07, 6.45) is 5.62. The molecule has 0 amide bonds. The molecule has 1 unspecified atom stereocenters. The maximum atomic E-state index is 11.4. The van der Waals surface area contributed by atoms with Crippen LogP contribution in [0.15, 0.2) is 0 Å². The topological polar surface area (TPSA) is 34.1 Å². The van der Waals surface area contributed by atoms with Crippen molar-refractivity contribution in [1.29, 1.82) is 0 Å². The van der Waals surface area contributed by atoms with Gasteiger partial charge in [-0.1, -0.05) is 6.92 Å². The summed E-state index contributed by atoms with van der Waals surface area (Å²) in [6.45, 7) is 1.98. The molecule has 0 aromatic carbocycles. The third-order valence-electron chi connectivity index (χ3n) is 2.77. The molecule has 1 aliphatic carbocycles. The zero-order valence-electron chi connectivity index (χ0n) is 8.34. The molecule has 13 heavy (non-hydrogen) atoms. The fraction of sp³-hybridized carbons (Fsp3) is 0.818. The van der Waals surface area contributed by atoms with E-state index >= 15 is 0 Å². The predicted octanol–water partition coefficient (Wildman–Crippen LogP) is 2.51. The number of hydrogen-bond acceptors (Lipinski definition) is 2. The number of Topliss-reactive ketones (excluding diaryl/α,β-unsaturated/α-hetero) is 2. The van der Waals surface area contributed by atoms with Crippen LogP contribution in [0, 0.1) is 5.92 Å². The first-order valence-electron chi connectivity index (χ1n) is 5.24. The Balaban J connectivity index is 2.41. The minimum atomic E-state index is 0.172. The molecule has 0 aromatic heterocycles. The van der Waals surface area contributed by atoms with Crippen LogP contribution in [0.1, 0.15) is 51.9 Å². The van der Waals surface area contributed by atoms with Crippen LogP contribution in [0.25, 0.3) is 0 Å². The summed E-state index contributed by atoms with van der Waals surface area (Å²) in [5, 5.41) is 0. The van der Waals surface area contributed by atoms with E-state index in [1.807, 2.05) is 6.92 Å². The average molecular weight is 182 g/mol. The van der Waals surface area contributed by atoms with E-state index in [1.54, 1.807) is 0 Å². The number of hydrogen-bond donors (Lipinski definition) is 0. The molecule has 1 rings (SSSR count). The smallest absolute Gasteiger partial charge is 0.135 e. The Hall–Kier alpha value is -0.660. The molecule has 2 heteroatoms. The summed E-state index contributed by atoms with van der Waals surface area (Å²) in [4.78, 5) is 22.6. The molecule has 1 atom stereocenters. The lowest BCUT2D eigenvalue weighted by Crippen LogP contribution is -2.13. The van der Waals surface area contributed by atoms with E-state index in [1.165, 1.54) is 0 Å². The monoisotopic (exact) mass is 182 g/mol. The van der Waals surface area contributed by atoms with Crippen LogP contribution in [-0.4, -0.2) is 11.6 Å². The number of ketones is 2. The fourth-order valence-electron chi connectivity index (χ4n) is 1.76. The minimum Gasteiger partial charge on any atom is -0.300 e. The Morgan fingerprint density at radius 3 is 2.38 bits per heavy atom. The van der Waals surface area contributed by atoms with Gasteiger partial charge in [0, 0.05) is 25.2 Å². The van der Waals surface area contributed by atoms with E-state index in [4.69, 9.17) is 0 Å². The van der Waals surface area contributed by atoms with E-state index < -0.39 is 0 Å². The van der Waals surface area contributed by atoms with Crippen molar-refractivity contribution in [2.75, 3.05) is 0 Å². The number of rotatable bonds is 0. The van der Waals surface area contributed by atoms with Gasteiger partial charge < -0.3 is 0 Å². The second kappa shape index (κ2) is 5.15. The van der Waals surface area contributed by atoms with Gasteiger partial charge in [-0.3, -0.25) is 9.59 Å². The largest absolute Gasteiger partial charge is 0.300 e. The normalized spacial score (nSPS) is 27.3. The number of carbonyl (C=O) groups excluding carboxylic acids is 2. The molecule has 0 aromatic rings. The van der Waals surface area contributed by atoms with Crippen molar-refractivity contribution in [3.63, 3.8) is 0 Å². The van der Waals surface area contributed by atoms with Crippen LogP contribution in [0.5, 0.6) is 0 Å². The van der Waals surface area contributed by atoms with Crippen molar-refractivity contribution in [3.8, 4) is 0 Å². The third kappa shape index (κ3) is 3.71. The predicted molar refractivity (Wildman–Crippen MR) is 51.5 cm³/mol. The molecular formula is C11H18O2. The Labute approximate surface area is 79.7 Å². The molecule has 0 aliphatic heterocycles. The van der Waals surface area contributed by atoms with Gasteiger partial charge in [-0.05, 0) is 25.7 Å². The van der Waals surface area contributed by atoms with Gasteiger partial charge in [0.15, 0.2) is 0 Å². The second-order valence-electron chi connectivity index (χ2n) is 4.01. The first-order chi connectivity index (χ1) is 6.20. The average Bonchev–Trinajstić information content (AvgIpc) is 2.11. The highest BCUT2D eigenvalue weighted by Crippen LogP contribution is 2.16. The van der Waals surface area contributed by atoms with E-state index in [9.17, 15) is 9.59 Å². The molecule has 0 saturated heterocycles. The molecule has 1 saturated carbocycles.